The molecule has 2 aliphatic rings. The Labute approximate surface area is 141 Å². The number of hydrogen-bond acceptors (Lipinski definition) is 6. The SMILES string of the molecule is Cc1cc(N2CC3CN(Cc4nccc(=O)n4C)CC3C2)ncn1. The molecule has 7 nitrogen and oxygen atoms in total. The second kappa shape index (κ2) is 5.98. The fraction of sp³-hybridized carbons (Fsp3) is 0.529. The van der Waals surface area contributed by atoms with E-state index in [4.69, 9.17) is 0 Å². The highest BCUT2D eigenvalue weighted by molar-refractivity contribution is 5.40. The molecule has 2 aromatic rings. The number of aromatic nitrogens is 4. The van der Waals surface area contributed by atoms with Crippen LogP contribution in [-0.4, -0.2) is 50.6 Å². The van der Waals surface area contributed by atoms with E-state index in [0.29, 0.717) is 11.8 Å². The quantitative estimate of drug-likeness (QED) is 0.816. The molecule has 0 aliphatic carbocycles. The van der Waals surface area contributed by atoms with Gasteiger partial charge in [-0.25, -0.2) is 15.0 Å². The molecule has 126 valence electrons. The normalized spacial score (nSPS) is 23.7. The van der Waals surface area contributed by atoms with Crippen LogP contribution < -0.4 is 10.5 Å². The van der Waals surface area contributed by atoms with E-state index in [-0.39, 0.29) is 5.56 Å². The Balaban J connectivity index is 1.41. The van der Waals surface area contributed by atoms with Gasteiger partial charge in [0.2, 0.25) is 0 Å². The molecule has 0 aromatic carbocycles. The van der Waals surface area contributed by atoms with Gasteiger partial charge in [-0.3, -0.25) is 14.3 Å². The van der Waals surface area contributed by atoms with Crippen LogP contribution in [0.3, 0.4) is 0 Å². The highest BCUT2D eigenvalue weighted by atomic mass is 16.1. The van der Waals surface area contributed by atoms with Crippen molar-refractivity contribution in [3.63, 3.8) is 0 Å². The Bertz CT molecular complexity index is 790. The molecule has 0 spiro atoms. The van der Waals surface area contributed by atoms with Crippen LogP contribution in [0.15, 0.2) is 29.5 Å². The van der Waals surface area contributed by atoms with Gasteiger partial charge in [-0.2, -0.15) is 0 Å². The van der Waals surface area contributed by atoms with Crippen molar-refractivity contribution in [1.82, 2.24) is 24.4 Å². The maximum Gasteiger partial charge on any atom is 0.253 e. The molecule has 0 saturated carbocycles. The average molecular weight is 326 g/mol. The number of hydrogen-bond donors (Lipinski definition) is 0. The summed E-state index contributed by atoms with van der Waals surface area (Å²) in [5, 5.41) is 0. The zero-order valence-electron chi connectivity index (χ0n) is 14.1. The molecule has 7 heteroatoms. The number of likely N-dealkylation sites (tertiary alicyclic amines) is 1. The summed E-state index contributed by atoms with van der Waals surface area (Å²) >= 11 is 0. The van der Waals surface area contributed by atoms with Gasteiger partial charge in [0.25, 0.3) is 5.56 Å². The Morgan fingerprint density at radius 1 is 1.12 bits per heavy atom. The third kappa shape index (κ3) is 2.80. The summed E-state index contributed by atoms with van der Waals surface area (Å²) in [6, 6.07) is 3.56. The van der Waals surface area contributed by atoms with Crippen molar-refractivity contribution in [2.75, 3.05) is 31.1 Å². The lowest BCUT2D eigenvalue weighted by molar-refractivity contribution is 0.295. The lowest BCUT2D eigenvalue weighted by atomic mass is 10.0. The molecule has 24 heavy (non-hydrogen) atoms. The third-order valence-corrected chi connectivity index (χ3v) is 5.20. The first kappa shape index (κ1) is 15.3. The van der Waals surface area contributed by atoms with E-state index in [0.717, 1.165) is 50.1 Å². The van der Waals surface area contributed by atoms with E-state index < -0.39 is 0 Å². The Morgan fingerprint density at radius 3 is 2.58 bits per heavy atom. The topological polar surface area (TPSA) is 67.2 Å². The zero-order valence-corrected chi connectivity index (χ0v) is 14.1. The van der Waals surface area contributed by atoms with E-state index in [1.807, 2.05) is 6.92 Å². The highest BCUT2D eigenvalue weighted by Gasteiger charge is 2.40. The van der Waals surface area contributed by atoms with Crippen molar-refractivity contribution < 1.29 is 0 Å². The van der Waals surface area contributed by atoms with Crippen molar-refractivity contribution in [3.05, 3.63) is 46.5 Å². The first-order valence-electron chi connectivity index (χ1n) is 8.37. The summed E-state index contributed by atoms with van der Waals surface area (Å²) in [6.45, 7) is 6.93. The zero-order chi connectivity index (χ0) is 16.7. The molecule has 4 heterocycles. The molecule has 2 atom stereocenters. The molecule has 4 rings (SSSR count). The second-order valence-corrected chi connectivity index (χ2v) is 6.90. The summed E-state index contributed by atoms with van der Waals surface area (Å²) < 4.78 is 1.64. The maximum absolute atomic E-state index is 11.7. The fourth-order valence-corrected chi connectivity index (χ4v) is 3.88. The second-order valence-electron chi connectivity index (χ2n) is 6.90. The molecule has 2 fully saturated rings. The first-order chi connectivity index (χ1) is 11.6. The van der Waals surface area contributed by atoms with Crippen LogP contribution in [0.2, 0.25) is 0 Å². The minimum atomic E-state index is 0.00435. The Hall–Kier alpha value is -2.28. The van der Waals surface area contributed by atoms with Crippen LogP contribution in [-0.2, 0) is 13.6 Å². The lowest BCUT2D eigenvalue weighted by Gasteiger charge is -2.22. The summed E-state index contributed by atoms with van der Waals surface area (Å²) in [5.74, 6) is 3.18. The average Bonchev–Trinajstić information content (AvgIpc) is 3.10. The number of aryl methyl sites for hydroxylation is 1. The van der Waals surface area contributed by atoms with E-state index in [1.165, 1.54) is 6.07 Å². The predicted octanol–water partition coefficient (Wildman–Crippen LogP) is 0.447. The van der Waals surface area contributed by atoms with Crippen LogP contribution >= 0.6 is 0 Å². The van der Waals surface area contributed by atoms with E-state index in [1.54, 1.807) is 24.1 Å². The minimum absolute atomic E-state index is 0.00435. The fourth-order valence-electron chi connectivity index (χ4n) is 3.88. The van der Waals surface area contributed by atoms with E-state index in [9.17, 15) is 4.79 Å². The maximum atomic E-state index is 11.7. The highest BCUT2D eigenvalue weighted by Crippen LogP contribution is 2.33. The van der Waals surface area contributed by atoms with Gasteiger partial charge < -0.3 is 4.90 Å². The molecule has 0 bridgehead atoms. The monoisotopic (exact) mass is 326 g/mol. The summed E-state index contributed by atoms with van der Waals surface area (Å²) in [5.41, 5.74) is 1.01. The van der Waals surface area contributed by atoms with Crippen LogP contribution in [0.1, 0.15) is 11.5 Å². The summed E-state index contributed by atoms with van der Waals surface area (Å²) in [4.78, 5) is 29.5. The third-order valence-electron chi connectivity index (χ3n) is 5.20. The van der Waals surface area contributed by atoms with Crippen molar-refractivity contribution in [1.29, 1.82) is 0 Å². The molecule has 0 radical (unpaired) electrons. The van der Waals surface area contributed by atoms with Crippen LogP contribution in [0, 0.1) is 18.8 Å². The van der Waals surface area contributed by atoms with Gasteiger partial charge in [0.05, 0.1) is 6.54 Å². The van der Waals surface area contributed by atoms with Gasteiger partial charge in [-0.1, -0.05) is 0 Å². The smallest absolute Gasteiger partial charge is 0.253 e. The van der Waals surface area contributed by atoms with Crippen molar-refractivity contribution in [2.45, 2.75) is 13.5 Å². The lowest BCUT2D eigenvalue weighted by Crippen LogP contribution is -2.31. The van der Waals surface area contributed by atoms with Crippen LogP contribution in [0.4, 0.5) is 5.82 Å². The Morgan fingerprint density at radius 2 is 1.88 bits per heavy atom. The van der Waals surface area contributed by atoms with Gasteiger partial charge in [0.15, 0.2) is 0 Å². The predicted molar refractivity (Wildman–Crippen MR) is 90.7 cm³/mol. The number of fused-ring (bicyclic) bond motifs is 1. The van der Waals surface area contributed by atoms with Gasteiger partial charge in [-0.05, 0) is 18.8 Å². The standard InChI is InChI=1S/C17H22N6O/c1-12-5-15(20-11-19-12)23-8-13-6-22(7-14(13)9-23)10-16-18-4-3-17(24)21(16)2/h3-5,11,13-14H,6-10H2,1-2H3. The van der Waals surface area contributed by atoms with Gasteiger partial charge in [-0.15, -0.1) is 0 Å². The van der Waals surface area contributed by atoms with Gasteiger partial charge in [0.1, 0.15) is 18.0 Å². The molecule has 2 aliphatic heterocycles. The molecule has 2 aromatic heterocycles. The number of rotatable bonds is 3. The van der Waals surface area contributed by atoms with Gasteiger partial charge >= 0.3 is 0 Å². The van der Waals surface area contributed by atoms with Crippen molar-refractivity contribution >= 4 is 5.82 Å². The molecule has 0 N–H and O–H groups in total. The molecule has 0 amide bonds. The number of anilines is 1. The summed E-state index contributed by atoms with van der Waals surface area (Å²) in [6.07, 6.45) is 3.25. The van der Waals surface area contributed by atoms with Crippen molar-refractivity contribution in [3.8, 4) is 0 Å². The minimum Gasteiger partial charge on any atom is -0.356 e. The van der Waals surface area contributed by atoms with Crippen molar-refractivity contribution in [2.24, 2.45) is 18.9 Å². The summed E-state index contributed by atoms with van der Waals surface area (Å²) in [7, 11) is 1.79. The van der Waals surface area contributed by atoms with Crippen LogP contribution in [0.5, 0.6) is 0 Å². The first-order valence-corrected chi connectivity index (χ1v) is 8.37. The van der Waals surface area contributed by atoms with E-state index >= 15 is 0 Å². The Kier molecular flexibility index (Phi) is 3.80. The van der Waals surface area contributed by atoms with E-state index in [2.05, 4.69) is 30.8 Å². The number of nitrogens with zero attached hydrogens (tertiary/aromatic N) is 6. The van der Waals surface area contributed by atoms with Gasteiger partial charge in [0, 0.05) is 57.3 Å². The molecular formula is C17H22N6O. The molecular weight excluding hydrogens is 304 g/mol. The molecule has 2 unspecified atom stereocenters. The molecule has 2 saturated heterocycles. The largest absolute Gasteiger partial charge is 0.356 e. The van der Waals surface area contributed by atoms with Crippen LogP contribution in [0.25, 0.3) is 0 Å².